The number of aliphatic carboxylic acids is 1. The van der Waals surface area contributed by atoms with E-state index in [9.17, 15) is 28.2 Å². The van der Waals surface area contributed by atoms with Gasteiger partial charge in [-0.15, -0.1) is 0 Å². The van der Waals surface area contributed by atoms with Crippen LogP contribution in [-0.2, 0) is 11.0 Å². The van der Waals surface area contributed by atoms with Crippen molar-refractivity contribution in [1.82, 2.24) is 25.2 Å². The molecule has 0 spiro atoms. The van der Waals surface area contributed by atoms with Crippen molar-refractivity contribution in [3.63, 3.8) is 0 Å². The predicted molar refractivity (Wildman–Crippen MR) is 130 cm³/mol. The molecular weight excluding hydrogens is 519 g/mol. The van der Waals surface area contributed by atoms with Crippen LogP contribution in [0.3, 0.4) is 0 Å². The number of hydrogen-bond acceptors (Lipinski definition) is 9. The molecule has 1 aliphatic rings. The van der Waals surface area contributed by atoms with E-state index in [1.165, 1.54) is 6.07 Å². The number of hydrogen-bond donors (Lipinski definition) is 2. The van der Waals surface area contributed by atoms with Crippen molar-refractivity contribution in [3.05, 3.63) is 59.3 Å². The van der Waals surface area contributed by atoms with E-state index in [1.807, 2.05) is 4.90 Å². The molecule has 4 heterocycles. The minimum Gasteiger partial charge on any atom is -0.481 e. The van der Waals surface area contributed by atoms with Crippen molar-refractivity contribution < 1.29 is 37.2 Å². The summed E-state index contributed by atoms with van der Waals surface area (Å²) in [6.07, 6.45) is -4.33. The number of rotatable bonds is 7. The summed E-state index contributed by atoms with van der Waals surface area (Å²) >= 11 is 0. The number of aliphatic hydroxyl groups is 1. The van der Waals surface area contributed by atoms with Crippen LogP contribution in [0.4, 0.5) is 13.2 Å². The van der Waals surface area contributed by atoms with Crippen molar-refractivity contribution in [2.75, 3.05) is 19.6 Å². The molecule has 0 radical (unpaired) electrons. The fourth-order valence-electron chi connectivity index (χ4n) is 4.61. The number of aliphatic hydroxyl groups excluding tert-OH is 1. The van der Waals surface area contributed by atoms with E-state index in [0.717, 1.165) is 6.42 Å². The first-order valence-electron chi connectivity index (χ1n) is 12.2. The number of carboxylic acid groups (broad SMARTS) is 1. The van der Waals surface area contributed by atoms with Crippen LogP contribution < -0.4 is 0 Å². The third-order valence-corrected chi connectivity index (χ3v) is 6.57. The Bertz CT molecular complexity index is 1470. The highest BCUT2D eigenvalue weighted by atomic mass is 19.4. The van der Waals surface area contributed by atoms with Crippen LogP contribution in [0.2, 0.25) is 0 Å². The van der Waals surface area contributed by atoms with Crippen LogP contribution in [0.15, 0.2) is 51.5 Å². The second-order valence-electron chi connectivity index (χ2n) is 9.40. The second-order valence-corrected chi connectivity index (χ2v) is 9.40. The number of carboxylic acids is 1. The zero-order valence-corrected chi connectivity index (χ0v) is 20.7. The lowest BCUT2D eigenvalue weighted by molar-refractivity contribution is -0.143. The first-order chi connectivity index (χ1) is 18.6. The quantitative estimate of drug-likeness (QED) is 0.340. The minimum atomic E-state index is -4.83. The fourth-order valence-corrected chi connectivity index (χ4v) is 4.61. The van der Waals surface area contributed by atoms with Gasteiger partial charge in [-0.25, -0.2) is 0 Å². The summed E-state index contributed by atoms with van der Waals surface area (Å²) in [6, 6.07) is 11.1. The lowest BCUT2D eigenvalue weighted by atomic mass is 9.97. The Morgan fingerprint density at radius 3 is 2.59 bits per heavy atom. The lowest BCUT2D eigenvalue weighted by Gasteiger charge is -2.32. The summed E-state index contributed by atoms with van der Waals surface area (Å²) in [5, 5.41) is 27.3. The van der Waals surface area contributed by atoms with Gasteiger partial charge in [0.15, 0.2) is 0 Å². The normalized spacial score (nSPS) is 17.3. The molecule has 4 aromatic rings. The average Bonchev–Trinajstić information content (AvgIpc) is 3.57. The standard InChI is InChI=1S/C26H24F3N5O5/c1-14-4-2-6-18(30-14)21-20(26(27,28)29)22(38-32-21)24-31-23(33-39-24)16-9-7-15(8-10-16)19(35)13-34-11-3-5-17(12-34)25(36)37/h2,4,6-10,17,19,35H,3,5,11-13H2,1H3,(H,36,37)/t17-,19?/m0/s1. The van der Waals surface area contributed by atoms with Gasteiger partial charge in [-0.1, -0.05) is 40.6 Å². The maximum absolute atomic E-state index is 14.0. The number of piperidine rings is 1. The molecule has 39 heavy (non-hydrogen) atoms. The molecule has 5 rings (SSSR count). The number of carbonyl (C=O) groups is 1. The van der Waals surface area contributed by atoms with Gasteiger partial charge in [-0.3, -0.25) is 14.7 Å². The first kappa shape index (κ1) is 26.5. The van der Waals surface area contributed by atoms with E-state index in [0.29, 0.717) is 36.3 Å². The van der Waals surface area contributed by atoms with E-state index in [2.05, 4.69) is 20.3 Å². The van der Waals surface area contributed by atoms with E-state index < -0.39 is 47.1 Å². The van der Waals surface area contributed by atoms with Crippen LogP contribution in [0.5, 0.6) is 0 Å². The molecule has 0 bridgehead atoms. The van der Waals surface area contributed by atoms with Crippen molar-refractivity contribution in [3.8, 4) is 34.4 Å². The molecule has 1 saturated heterocycles. The highest BCUT2D eigenvalue weighted by molar-refractivity contribution is 5.70. The molecule has 0 saturated carbocycles. The molecule has 0 aliphatic carbocycles. The number of aromatic nitrogens is 4. The third-order valence-electron chi connectivity index (χ3n) is 6.57. The number of likely N-dealkylation sites (tertiary alicyclic amines) is 1. The number of halogens is 3. The van der Waals surface area contributed by atoms with Gasteiger partial charge in [0.05, 0.1) is 17.7 Å². The Labute approximate surface area is 220 Å². The van der Waals surface area contributed by atoms with Gasteiger partial charge in [0.2, 0.25) is 11.6 Å². The second kappa shape index (κ2) is 10.6. The van der Waals surface area contributed by atoms with Crippen molar-refractivity contribution in [1.29, 1.82) is 0 Å². The molecule has 1 aliphatic heterocycles. The maximum atomic E-state index is 14.0. The summed E-state index contributed by atoms with van der Waals surface area (Å²) in [5.74, 6) is -2.48. The Balaban J connectivity index is 1.35. The number of pyridine rings is 1. The van der Waals surface area contributed by atoms with Gasteiger partial charge < -0.3 is 19.3 Å². The Kier molecular flexibility index (Phi) is 7.19. The topological polar surface area (TPSA) is 139 Å². The minimum absolute atomic E-state index is 0.00533. The molecule has 204 valence electrons. The summed E-state index contributed by atoms with van der Waals surface area (Å²) in [5.41, 5.74) is -0.114. The summed E-state index contributed by atoms with van der Waals surface area (Å²) in [6.45, 7) is 3.00. The number of β-amino-alcohol motifs (C(OH)–C–C–N with tert-alkyl or cyclic N) is 1. The number of alkyl halides is 3. The van der Waals surface area contributed by atoms with Gasteiger partial charge in [0.1, 0.15) is 11.3 Å². The van der Waals surface area contributed by atoms with Crippen molar-refractivity contribution in [2.24, 2.45) is 5.92 Å². The van der Waals surface area contributed by atoms with Gasteiger partial charge in [-0.2, -0.15) is 18.2 Å². The summed E-state index contributed by atoms with van der Waals surface area (Å²) < 4.78 is 52.2. The largest absolute Gasteiger partial charge is 0.481 e. The van der Waals surface area contributed by atoms with Gasteiger partial charge in [0, 0.05) is 24.3 Å². The molecule has 2 atom stereocenters. The molecule has 1 unspecified atom stereocenters. The number of nitrogens with zero attached hydrogens (tertiary/aromatic N) is 5. The predicted octanol–water partition coefficient (Wildman–Crippen LogP) is 4.61. The van der Waals surface area contributed by atoms with Crippen molar-refractivity contribution >= 4 is 5.97 Å². The fraction of sp³-hybridized carbons (Fsp3) is 0.346. The number of aryl methyl sites for hydroxylation is 1. The van der Waals surface area contributed by atoms with E-state index in [4.69, 9.17) is 9.05 Å². The van der Waals surface area contributed by atoms with Crippen LogP contribution in [-0.4, -0.2) is 61.0 Å². The zero-order valence-electron chi connectivity index (χ0n) is 20.7. The summed E-state index contributed by atoms with van der Waals surface area (Å²) in [4.78, 5) is 21.4. The summed E-state index contributed by atoms with van der Waals surface area (Å²) in [7, 11) is 0. The third kappa shape index (κ3) is 5.68. The molecule has 1 fully saturated rings. The highest BCUT2D eigenvalue weighted by Gasteiger charge is 2.43. The van der Waals surface area contributed by atoms with Crippen LogP contribution >= 0.6 is 0 Å². The SMILES string of the molecule is Cc1cccc(-c2noc(-c3nc(-c4ccc(C(O)CN5CCC[C@H](C(=O)O)C5)cc4)no3)c2C(F)(F)F)n1. The highest BCUT2D eigenvalue weighted by Crippen LogP contribution is 2.42. The number of benzene rings is 1. The first-order valence-corrected chi connectivity index (χ1v) is 12.2. The van der Waals surface area contributed by atoms with Gasteiger partial charge >= 0.3 is 12.1 Å². The molecular formula is C26H24F3N5O5. The Hall–Kier alpha value is -4.10. The Morgan fingerprint density at radius 1 is 1.13 bits per heavy atom. The monoisotopic (exact) mass is 543 g/mol. The molecule has 13 heteroatoms. The lowest BCUT2D eigenvalue weighted by Crippen LogP contribution is -2.40. The van der Waals surface area contributed by atoms with Crippen molar-refractivity contribution in [2.45, 2.75) is 32.0 Å². The maximum Gasteiger partial charge on any atom is 0.422 e. The Morgan fingerprint density at radius 2 is 1.90 bits per heavy atom. The van der Waals surface area contributed by atoms with Crippen LogP contribution in [0.1, 0.15) is 35.8 Å². The van der Waals surface area contributed by atoms with Gasteiger partial charge in [0.25, 0.3) is 5.89 Å². The van der Waals surface area contributed by atoms with E-state index in [-0.39, 0.29) is 18.1 Å². The average molecular weight is 544 g/mol. The van der Waals surface area contributed by atoms with E-state index >= 15 is 0 Å². The molecule has 3 aromatic heterocycles. The zero-order chi connectivity index (χ0) is 27.7. The molecule has 10 nitrogen and oxygen atoms in total. The van der Waals surface area contributed by atoms with Crippen LogP contribution in [0.25, 0.3) is 34.4 Å². The molecule has 2 N–H and O–H groups in total. The molecule has 1 aromatic carbocycles. The van der Waals surface area contributed by atoms with Gasteiger partial charge in [-0.05, 0) is 44.0 Å². The smallest absolute Gasteiger partial charge is 0.422 e. The van der Waals surface area contributed by atoms with Crippen LogP contribution in [0, 0.1) is 12.8 Å². The van der Waals surface area contributed by atoms with E-state index in [1.54, 1.807) is 43.3 Å². The molecule has 0 amide bonds.